The molecule has 1 aromatic rings. The molecule has 4 nitrogen and oxygen atoms in total. The third-order valence-corrected chi connectivity index (χ3v) is 2.11. The Morgan fingerprint density at radius 1 is 1.43 bits per heavy atom. The Kier molecular flexibility index (Phi) is 3.83. The molecule has 1 heterocycles. The normalized spacial score (nSPS) is 10.3. The Balaban J connectivity index is 2.77. The highest BCUT2D eigenvalue weighted by Gasteiger charge is 2.06. The molecule has 0 aliphatic carbocycles. The topological polar surface area (TPSA) is 55.0 Å². The summed E-state index contributed by atoms with van der Waals surface area (Å²) in [6.45, 7) is 5.56. The summed E-state index contributed by atoms with van der Waals surface area (Å²) in [5, 5.41) is 0. The first kappa shape index (κ1) is 10.9. The highest BCUT2D eigenvalue weighted by atomic mass is 15.2. The van der Waals surface area contributed by atoms with Gasteiger partial charge < -0.3 is 10.6 Å². The van der Waals surface area contributed by atoms with Crippen LogP contribution in [0.25, 0.3) is 0 Å². The van der Waals surface area contributed by atoms with E-state index in [0.717, 1.165) is 30.2 Å². The molecule has 0 aliphatic rings. The van der Waals surface area contributed by atoms with E-state index >= 15 is 0 Å². The number of aryl methyl sites for hydroxylation is 2. The highest BCUT2D eigenvalue weighted by Crippen LogP contribution is 2.13. The first-order chi connectivity index (χ1) is 6.65. The lowest BCUT2D eigenvalue weighted by Gasteiger charge is -2.19. The summed E-state index contributed by atoms with van der Waals surface area (Å²) in [5.41, 5.74) is 7.38. The molecule has 0 spiro atoms. The van der Waals surface area contributed by atoms with E-state index < -0.39 is 0 Å². The lowest BCUT2D eigenvalue weighted by atomic mass is 10.3. The first-order valence-electron chi connectivity index (χ1n) is 4.86. The van der Waals surface area contributed by atoms with Crippen LogP contribution in [-0.2, 0) is 0 Å². The third kappa shape index (κ3) is 2.67. The highest BCUT2D eigenvalue weighted by molar-refractivity contribution is 5.42. The Morgan fingerprint density at radius 2 is 2.14 bits per heavy atom. The van der Waals surface area contributed by atoms with Crippen LogP contribution in [0.15, 0.2) is 6.20 Å². The molecule has 78 valence electrons. The second-order valence-corrected chi connectivity index (χ2v) is 3.48. The molecule has 0 unspecified atom stereocenters. The molecule has 1 aromatic heterocycles. The maximum Gasteiger partial charge on any atom is 0.150 e. The van der Waals surface area contributed by atoms with Crippen LogP contribution in [-0.4, -0.2) is 30.1 Å². The standard InChI is InChI=1S/C10H18N4/c1-8-7-12-9(2)10(13-8)14(3)6-4-5-11/h7H,4-6,11H2,1-3H3. The molecule has 0 aromatic carbocycles. The van der Waals surface area contributed by atoms with Gasteiger partial charge in [0.05, 0.1) is 11.4 Å². The van der Waals surface area contributed by atoms with E-state index in [1.807, 2.05) is 20.9 Å². The van der Waals surface area contributed by atoms with E-state index in [-0.39, 0.29) is 0 Å². The summed E-state index contributed by atoms with van der Waals surface area (Å²) in [4.78, 5) is 10.8. The molecular weight excluding hydrogens is 176 g/mol. The molecular formula is C10H18N4. The Bertz CT molecular complexity index is 298. The van der Waals surface area contributed by atoms with Gasteiger partial charge in [0.1, 0.15) is 5.82 Å². The number of nitrogens with zero attached hydrogens (tertiary/aromatic N) is 3. The van der Waals surface area contributed by atoms with Gasteiger partial charge in [0, 0.05) is 19.8 Å². The quantitative estimate of drug-likeness (QED) is 0.773. The van der Waals surface area contributed by atoms with Crippen molar-refractivity contribution >= 4 is 5.82 Å². The van der Waals surface area contributed by atoms with Gasteiger partial charge in [-0.25, -0.2) is 4.98 Å². The van der Waals surface area contributed by atoms with Gasteiger partial charge in [-0.2, -0.15) is 0 Å². The van der Waals surface area contributed by atoms with Gasteiger partial charge in [-0.05, 0) is 26.8 Å². The third-order valence-electron chi connectivity index (χ3n) is 2.11. The zero-order valence-electron chi connectivity index (χ0n) is 9.12. The Hall–Kier alpha value is -1.16. The minimum absolute atomic E-state index is 0.711. The fourth-order valence-electron chi connectivity index (χ4n) is 1.32. The molecule has 0 atom stereocenters. The summed E-state index contributed by atoms with van der Waals surface area (Å²) < 4.78 is 0. The SMILES string of the molecule is Cc1cnc(C)c(N(C)CCCN)n1. The Labute approximate surface area is 85.2 Å². The second kappa shape index (κ2) is 4.91. The van der Waals surface area contributed by atoms with Crippen molar-refractivity contribution in [2.24, 2.45) is 5.73 Å². The van der Waals surface area contributed by atoms with Gasteiger partial charge in [-0.1, -0.05) is 0 Å². The van der Waals surface area contributed by atoms with Crippen LogP contribution in [0.3, 0.4) is 0 Å². The van der Waals surface area contributed by atoms with E-state index in [9.17, 15) is 0 Å². The molecule has 1 rings (SSSR count). The average molecular weight is 194 g/mol. The largest absolute Gasteiger partial charge is 0.358 e. The molecule has 0 amide bonds. The summed E-state index contributed by atoms with van der Waals surface area (Å²) in [6.07, 6.45) is 2.77. The number of nitrogens with two attached hydrogens (primary N) is 1. The van der Waals surface area contributed by atoms with Crippen LogP contribution in [0, 0.1) is 13.8 Å². The first-order valence-corrected chi connectivity index (χ1v) is 4.86. The smallest absolute Gasteiger partial charge is 0.150 e. The zero-order valence-corrected chi connectivity index (χ0v) is 9.12. The molecule has 0 fully saturated rings. The number of rotatable bonds is 4. The van der Waals surface area contributed by atoms with Crippen LogP contribution in [0.1, 0.15) is 17.8 Å². The van der Waals surface area contributed by atoms with E-state index in [2.05, 4.69) is 14.9 Å². The minimum atomic E-state index is 0.711. The fourth-order valence-corrected chi connectivity index (χ4v) is 1.32. The monoisotopic (exact) mass is 194 g/mol. The van der Waals surface area contributed by atoms with E-state index in [0.29, 0.717) is 6.54 Å². The molecule has 14 heavy (non-hydrogen) atoms. The van der Waals surface area contributed by atoms with Crippen molar-refractivity contribution in [3.05, 3.63) is 17.6 Å². The zero-order chi connectivity index (χ0) is 10.6. The maximum absolute atomic E-state index is 5.46. The number of aromatic nitrogens is 2. The van der Waals surface area contributed by atoms with E-state index in [4.69, 9.17) is 5.73 Å². The van der Waals surface area contributed by atoms with Crippen molar-refractivity contribution in [2.75, 3.05) is 25.0 Å². The van der Waals surface area contributed by atoms with Crippen LogP contribution >= 0.6 is 0 Å². The fraction of sp³-hybridized carbons (Fsp3) is 0.600. The van der Waals surface area contributed by atoms with Gasteiger partial charge in [0.2, 0.25) is 0 Å². The van der Waals surface area contributed by atoms with Crippen LogP contribution in [0.4, 0.5) is 5.82 Å². The van der Waals surface area contributed by atoms with E-state index in [1.165, 1.54) is 0 Å². The molecule has 0 saturated carbocycles. The predicted molar refractivity (Wildman–Crippen MR) is 58.4 cm³/mol. The second-order valence-electron chi connectivity index (χ2n) is 3.48. The number of hydrogen-bond acceptors (Lipinski definition) is 4. The lowest BCUT2D eigenvalue weighted by Crippen LogP contribution is -2.23. The minimum Gasteiger partial charge on any atom is -0.358 e. The Morgan fingerprint density at radius 3 is 2.79 bits per heavy atom. The van der Waals surface area contributed by atoms with Crippen molar-refractivity contribution in [3.8, 4) is 0 Å². The van der Waals surface area contributed by atoms with Gasteiger partial charge in [-0.3, -0.25) is 4.98 Å². The predicted octanol–water partition coefficient (Wildman–Crippen LogP) is 0.878. The molecule has 0 aliphatic heterocycles. The molecule has 4 heteroatoms. The van der Waals surface area contributed by atoms with Crippen molar-refractivity contribution < 1.29 is 0 Å². The van der Waals surface area contributed by atoms with Crippen LogP contribution < -0.4 is 10.6 Å². The van der Waals surface area contributed by atoms with Crippen molar-refractivity contribution in [2.45, 2.75) is 20.3 Å². The molecule has 0 bridgehead atoms. The number of hydrogen-bond donors (Lipinski definition) is 1. The summed E-state index contributed by atoms with van der Waals surface area (Å²) in [7, 11) is 2.02. The lowest BCUT2D eigenvalue weighted by molar-refractivity contribution is 0.778. The van der Waals surface area contributed by atoms with Crippen molar-refractivity contribution in [1.29, 1.82) is 0 Å². The van der Waals surface area contributed by atoms with Gasteiger partial charge in [0.15, 0.2) is 0 Å². The maximum atomic E-state index is 5.46. The van der Waals surface area contributed by atoms with E-state index in [1.54, 1.807) is 6.20 Å². The van der Waals surface area contributed by atoms with Crippen LogP contribution in [0.5, 0.6) is 0 Å². The van der Waals surface area contributed by atoms with Crippen molar-refractivity contribution in [1.82, 2.24) is 9.97 Å². The number of anilines is 1. The summed E-state index contributed by atoms with van der Waals surface area (Å²) in [5.74, 6) is 0.957. The van der Waals surface area contributed by atoms with Crippen LogP contribution in [0.2, 0.25) is 0 Å². The average Bonchev–Trinajstić information content (AvgIpc) is 2.18. The van der Waals surface area contributed by atoms with Gasteiger partial charge >= 0.3 is 0 Å². The van der Waals surface area contributed by atoms with Gasteiger partial charge in [0.25, 0.3) is 0 Å². The summed E-state index contributed by atoms with van der Waals surface area (Å²) in [6, 6.07) is 0. The molecule has 0 radical (unpaired) electrons. The van der Waals surface area contributed by atoms with Crippen molar-refractivity contribution in [3.63, 3.8) is 0 Å². The summed E-state index contributed by atoms with van der Waals surface area (Å²) >= 11 is 0. The molecule has 2 N–H and O–H groups in total. The van der Waals surface area contributed by atoms with Gasteiger partial charge in [-0.15, -0.1) is 0 Å². The molecule has 0 saturated heterocycles.